The van der Waals surface area contributed by atoms with E-state index >= 15 is 0 Å². The highest BCUT2D eigenvalue weighted by molar-refractivity contribution is 5.69. The van der Waals surface area contributed by atoms with Crippen molar-refractivity contribution in [1.82, 2.24) is 5.32 Å². The Bertz CT molecular complexity index is 701. The molecule has 1 N–H and O–H groups in total. The molecule has 0 aliphatic carbocycles. The number of rotatable bonds is 26. The van der Waals surface area contributed by atoms with Crippen molar-refractivity contribution < 1.29 is 28.4 Å². The van der Waals surface area contributed by atoms with Crippen LogP contribution >= 0.6 is 0 Å². The zero-order valence-corrected chi connectivity index (χ0v) is 25.0. The van der Waals surface area contributed by atoms with Crippen LogP contribution in [-0.2, 0) is 25.5 Å². The minimum absolute atomic E-state index is 0.00366. The van der Waals surface area contributed by atoms with E-state index < -0.39 is 12.2 Å². The average Bonchev–Trinajstić information content (AvgIpc) is 2.95. The lowest BCUT2D eigenvalue weighted by atomic mass is 10.0. The number of amides is 1. The predicted octanol–water partition coefficient (Wildman–Crippen LogP) is 7.30. The summed E-state index contributed by atoms with van der Waals surface area (Å²) in [5, 5.41) is 2.44. The van der Waals surface area contributed by atoms with Crippen LogP contribution in [0.2, 0.25) is 0 Å². The molecule has 0 aliphatic heterocycles. The highest BCUT2D eigenvalue weighted by Gasteiger charge is 2.17. The molecule has 1 aromatic rings. The standard InChI is InChI=1S/C32H56N2O5/c1-3-4-5-6-7-8-9-10-11-12-13-14-15-16-17-21-27-37-28-30(39-32(36)33-2)29-38-31(35)23-22-26-34-24-19-18-20-25-34/h18-20,24-25,30H,3-17,21-23,26-29H2,1-2H3/p+1. The zero-order chi connectivity index (χ0) is 28.2. The average molecular weight is 550 g/mol. The molecule has 1 unspecified atom stereocenters. The summed E-state index contributed by atoms with van der Waals surface area (Å²) >= 11 is 0. The van der Waals surface area contributed by atoms with Crippen LogP contribution in [0.1, 0.15) is 122 Å². The van der Waals surface area contributed by atoms with E-state index in [0.29, 0.717) is 19.4 Å². The smallest absolute Gasteiger partial charge is 0.407 e. The van der Waals surface area contributed by atoms with Gasteiger partial charge in [-0.15, -0.1) is 0 Å². The van der Waals surface area contributed by atoms with Gasteiger partial charge in [0.05, 0.1) is 13.0 Å². The lowest BCUT2D eigenvalue weighted by molar-refractivity contribution is -0.697. The minimum atomic E-state index is -0.613. The maximum absolute atomic E-state index is 12.1. The maximum atomic E-state index is 12.1. The van der Waals surface area contributed by atoms with Crippen LogP contribution in [0.4, 0.5) is 4.79 Å². The summed E-state index contributed by atoms with van der Waals surface area (Å²) in [6.45, 7) is 3.87. The molecule has 1 atom stereocenters. The first kappa shape index (κ1) is 34.9. The number of alkyl carbamates (subject to hydrolysis) is 1. The molecule has 0 saturated carbocycles. The van der Waals surface area contributed by atoms with E-state index in [-0.39, 0.29) is 19.2 Å². The summed E-state index contributed by atoms with van der Waals surface area (Å²) in [6, 6.07) is 5.87. The van der Waals surface area contributed by atoms with Crippen molar-refractivity contribution in [1.29, 1.82) is 0 Å². The number of pyridine rings is 1. The van der Waals surface area contributed by atoms with Crippen molar-refractivity contribution in [2.45, 2.75) is 135 Å². The van der Waals surface area contributed by atoms with Crippen molar-refractivity contribution in [2.24, 2.45) is 0 Å². The van der Waals surface area contributed by atoms with E-state index in [4.69, 9.17) is 14.2 Å². The molecule has 0 radical (unpaired) electrons. The minimum Gasteiger partial charge on any atom is -0.462 e. The van der Waals surface area contributed by atoms with Crippen LogP contribution in [-0.4, -0.2) is 45.0 Å². The summed E-state index contributed by atoms with van der Waals surface area (Å²) in [5.74, 6) is -0.296. The molecule has 0 aliphatic rings. The lowest BCUT2D eigenvalue weighted by Crippen LogP contribution is -2.34. The van der Waals surface area contributed by atoms with Gasteiger partial charge in [0.2, 0.25) is 0 Å². The second kappa shape index (κ2) is 26.1. The number of carbonyl (C=O) groups is 2. The number of aryl methyl sites for hydroxylation is 1. The molecule has 39 heavy (non-hydrogen) atoms. The Balaban J connectivity index is 1.99. The first-order valence-corrected chi connectivity index (χ1v) is 15.7. The molecule has 1 heterocycles. The summed E-state index contributed by atoms with van der Waals surface area (Å²) in [6.07, 6.45) is 25.1. The number of hydrogen-bond donors (Lipinski definition) is 1. The van der Waals surface area contributed by atoms with Crippen molar-refractivity contribution in [3.63, 3.8) is 0 Å². The molecule has 1 aromatic heterocycles. The summed E-state index contributed by atoms with van der Waals surface area (Å²) in [7, 11) is 1.50. The Labute approximate surface area is 238 Å². The Kier molecular flexibility index (Phi) is 23.3. The third-order valence-corrected chi connectivity index (χ3v) is 6.93. The molecule has 0 spiro atoms. The van der Waals surface area contributed by atoms with Gasteiger partial charge in [-0.2, -0.15) is 0 Å². The number of carbonyl (C=O) groups excluding carboxylic acids is 2. The second-order valence-corrected chi connectivity index (χ2v) is 10.6. The molecule has 0 aromatic carbocycles. The molecule has 224 valence electrons. The number of unbranched alkanes of at least 4 members (excludes halogenated alkanes) is 15. The number of hydrogen-bond acceptors (Lipinski definition) is 5. The third kappa shape index (κ3) is 22.4. The molecule has 0 bridgehead atoms. The normalized spacial score (nSPS) is 11.7. The molecule has 1 rings (SSSR count). The molecule has 0 fully saturated rings. The second-order valence-electron chi connectivity index (χ2n) is 10.6. The molecular weight excluding hydrogens is 492 g/mol. The van der Waals surface area contributed by atoms with Crippen LogP contribution in [0.15, 0.2) is 30.6 Å². The summed E-state index contributed by atoms with van der Waals surface area (Å²) < 4.78 is 18.4. The van der Waals surface area contributed by atoms with Crippen molar-refractivity contribution >= 4 is 12.1 Å². The van der Waals surface area contributed by atoms with Gasteiger partial charge in [0.25, 0.3) is 0 Å². The molecule has 1 amide bonds. The van der Waals surface area contributed by atoms with Crippen molar-refractivity contribution in [2.75, 3.05) is 26.9 Å². The fourth-order valence-corrected chi connectivity index (χ4v) is 4.54. The number of esters is 1. The number of aromatic nitrogens is 1. The van der Waals surface area contributed by atoms with Gasteiger partial charge < -0.3 is 19.5 Å². The van der Waals surface area contributed by atoms with Crippen molar-refractivity contribution in [3.05, 3.63) is 30.6 Å². The SMILES string of the molecule is CCCCCCCCCCCCCCCCCCOCC(COC(=O)CCC[n+]1ccccc1)OC(=O)NC. The van der Waals surface area contributed by atoms with Gasteiger partial charge in [-0.05, 0) is 6.42 Å². The summed E-state index contributed by atoms with van der Waals surface area (Å²) in [5.41, 5.74) is 0. The van der Waals surface area contributed by atoms with E-state index in [1.165, 1.54) is 96.9 Å². The highest BCUT2D eigenvalue weighted by atomic mass is 16.6. The number of ether oxygens (including phenoxy) is 3. The molecule has 7 nitrogen and oxygen atoms in total. The summed E-state index contributed by atoms with van der Waals surface area (Å²) in [4.78, 5) is 23.8. The van der Waals surface area contributed by atoms with E-state index in [9.17, 15) is 9.59 Å². The Hall–Kier alpha value is -2.15. The van der Waals surface area contributed by atoms with Gasteiger partial charge in [0, 0.05) is 32.2 Å². The fraction of sp³-hybridized carbons (Fsp3) is 0.781. The molecule has 0 saturated heterocycles. The van der Waals surface area contributed by atoms with Gasteiger partial charge in [0.15, 0.2) is 18.5 Å². The van der Waals surface area contributed by atoms with Crippen LogP contribution in [0, 0.1) is 0 Å². The first-order valence-electron chi connectivity index (χ1n) is 15.7. The highest BCUT2D eigenvalue weighted by Crippen LogP contribution is 2.13. The van der Waals surface area contributed by atoms with E-state index in [2.05, 4.69) is 12.2 Å². The van der Waals surface area contributed by atoms with Gasteiger partial charge in [-0.1, -0.05) is 109 Å². The largest absolute Gasteiger partial charge is 0.462 e. The van der Waals surface area contributed by atoms with Gasteiger partial charge in [0.1, 0.15) is 13.2 Å². The molecule has 7 heteroatoms. The van der Waals surface area contributed by atoms with Gasteiger partial charge in [-0.25, -0.2) is 9.36 Å². The maximum Gasteiger partial charge on any atom is 0.407 e. The molecular formula is C32H57N2O5+. The van der Waals surface area contributed by atoms with Crippen LogP contribution in [0.25, 0.3) is 0 Å². The van der Waals surface area contributed by atoms with E-state index in [0.717, 1.165) is 19.4 Å². The van der Waals surface area contributed by atoms with Crippen molar-refractivity contribution in [3.8, 4) is 0 Å². The monoisotopic (exact) mass is 549 g/mol. The predicted molar refractivity (Wildman–Crippen MR) is 157 cm³/mol. The van der Waals surface area contributed by atoms with Crippen LogP contribution < -0.4 is 9.88 Å². The van der Waals surface area contributed by atoms with Gasteiger partial charge >= 0.3 is 12.1 Å². The first-order chi connectivity index (χ1) is 19.2. The fourth-order valence-electron chi connectivity index (χ4n) is 4.54. The topological polar surface area (TPSA) is 77.7 Å². The zero-order valence-electron chi connectivity index (χ0n) is 25.0. The van der Waals surface area contributed by atoms with Crippen LogP contribution in [0.5, 0.6) is 0 Å². The van der Waals surface area contributed by atoms with Crippen LogP contribution in [0.3, 0.4) is 0 Å². The third-order valence-electron chi connectivity index (χ3n) is 6.93. The van der Waals surface area contributed by atoms with E-state index in [1.54, 1.807) is 0 Å². The number of nitrogens with zero attached hydrogens (tertiary/aromatic N) is 1. The Morgan fingerprint density at radius 2 is 1.26 bits per heavy atom. The Morgan fingerprint density at radius 1 is 0.718 bits per heavy atom. The van der Waals surface area contributed by atoms with Gasteiger partial charge in [-0.3, -0.25) is 4.79 Å². The van der Waals surface area contributed by atoms with E-state index in [1.807, 2.05) is 35.2 Å². The quantitative estimate of drug-likeness (QED) is 0.0745. The lowest BCUT2D eigenvalue weighted by Gasteiger charge is -2.18. The number of nitrogens with one attached hydrogen (secondary N) is 1. The Morgan fingerprint density at radius 3 is 1.79 bits per heavy atom.